The molecule has 3 aromatic rings. The van der Waals surface area contributed by atoms with Crippen molar-refractivity contribution in [2.75, 3.05) is 0 Å². The summed E-state index contributed by atoms with van der Waals surface area (Å²) in [5.74, 6) is 0. The Morgan fingerprint density at radius 1 is 1.05 bits per heavy atom. The maximum Gasteiger partial charge on any atom is 0.122 e. The molecule has 100 valence electrons. The Kier molecular flexibility index (Phi) is 3.74. The van der Waals surface area contributed by atoms with E-state index in [1.165, 1.54) is 0 Å². The normalized spacial score (nSPS) is 12.6. The summed E-state index contributed by atoms with van der Waals surface area (Å²) >= 11 is 9.35. The second-order valence-electron chi connectivity index (χ2n) is 4.50. The van der Waals surface area contributed by atoms with Crippen LogP contribution in [0, 0.1) is 0 Å². The average Bonchev–Trinajstić information content (AvgIpc) is 2.46. The summed E-state index contributed by atoms with van der Waals surface area (Å²) in [5.41, 5.74) is 2.22. The largest absolute Gasteiger partial charge is 0.382 e. The van der Waals surface area contributed by atoms with Crippen LogP contribution in [0.5, 0.6) is 0 Å². The van der Waals surface area contributed by atoms with Crippen molar-refractivity contribution in [1.82, 2.24) is 4.98 Å². The molecule has 0 bridgehead atoms. The Morgan fingerprint density at radius 2 is 1.75 bits per heavy atom. The number of halogens is 2. The lowest BCUT2D eigenvalue weighted by Crippen LogP contribution is -2.03. The first kappa shape index (κ1) is 13.6. The molecule has 20 heavy (non-hydrogen) atoms. The molecule has 4 heteroatoms. The third-order valence-corrected chi connectivity index (χ3v) is 4.04. The topological polar surface area (TPSA) is 33.1 Å². The fourth-order valence-corrected chi connectivity index (χ4v) is 2.78. The molecule has 0 saturated heterocycles. The molecule has 1 N–H and O–H groups in total. The molecule has 0 aliphatic rings. The lowest BCUT2D eigenvalue weighted by molar-refractivity contribution is 0.215. The standard InChI is InChI=1S/C16H11BrClNO/c17-13-9-11-3-1-2-4-14(11)19-15(13)16(20)10-5-7-12(18)8-6-10/h1-9,16,20H. The Bertz CT molecular complexity index is 758. The summed E-state index contributed by atoms with van der Waals surface area (Å²) in [5, 5.41) is 12.2. The number of pyridine rings is 1. The zero-order chi connectivity index (χ0) is 14.1. The molecular formula is C16H11BrClNO. The molecule has 0 spiro atoms. The van der Waals surface area contributed by atoms with Gasteiger partial charge in [-0.15, -0.1) is 0 Å². The van der Waals surface area contributed by atoms with E-state index in [1.807, 2.05) is 30.3 Å². The third kappa shape index (κ3) is 2.57. The van der Waals surface area contributed by atoms with Gasteiger partial charge in [0.15, 0.2) is 0 Å². The van der Waals surface area contributed by atoms with Crippen LogP contribution in [0.4, 0.5) is 0 Å². The number of rotatable bonds is 2. The van der Waals surface area contributed by atoms with Gasteiger partial charge in [-0.05, 0) is 45.8 Å². The molecule has 0 saturated carbocycles. The van der Waals surface area contributed by atoms with Crippen LogP contribution in [-0.4, -0.2) is 10.1 Å². The summed E-state index contributed by atoms with van der Waals surface area (Å²) in [6.45, 7) is 0. The van der Waals surface area contributed by atoms with Crippen LogP contribution >= 0.6 is 27.5 Å². The van der Waals surface area contributed by atoms with Gasteiger partial charge in [0.2, 0.25) is 0 Å². The predicted octanol–water partition coefficient (Wildman–Crippen LogP) is 4.73. The van der Waals surface area contributed by atoms with Crippen molar-refractivity contribution in [2.24, 2.45) is 0 Å². The van der Waals surface area contributed by atoms with Crippen LogP contribution in [0.2, 0.25) is 5.02 Å². The van der Waals surface area contributed by atoms with Crippen LogP contribution in [0.3, 0.4) is 0 Å². The van der Waals surface area contributed by atoms with Gasteiger partial charge in [0.25, 0.3) is 0 Å². The first-order chi connectivity index (χ1) is 9.65. The van der Waals surface area contributed by atoms with Gasteiger partial charge >= 0.3 is 0 Å². The van der Waals surface area contributed by atoms with Crippen molar-refractivity contribution in [2.45, 2.75) is 6.10 Å². The van der Waals surface area contributed by atoms with E-state index < -0.39 is 6.10 Å². The number of benzene rings is 2. The van der Waals surface area contributed by atoms with E-state index in [1.54, 1.807) is 24.3 Å². The zero-order valence-corrected chi connectivity index (χ0v) is 12.8. The molecule has 0 fully saturated rings. The van der Waals surface area contributed by atoms with Crippen molar-refractivity contribution in [3.8, 4) is 0 Å². The molecule has 0 aliphatic carbocycles. The van der Waals surface area contributed by atoms with Gasteiger partial charge in [0.05, 0.1) is 11.2 Å². The van der Waals surface area contributed by atoms with Crippen LogP contribution in [0.25, 0.3) is 10.9 Å². The van der Waals surface area contributed by atoms with Gasteiger partial charge in [0, 0.05) is 14.9 Å². The second kappa shape index (κ2) is 5.52. The SMILES string of the molecule is OC(c1ccc(Cl)cc1)c1nc2ccccc2cc1Br. The van der Waals surface area contributed by atoms with E-state index in [9.17, 15) is 5.11 Å². The van der Waals surface area contributed by atoms with Crippen molar-refractivity contribution >= 4 is 38.4 Å². The lowest BCUT2D eigenvalue weighted by Gasteiger charge is -2.13. The van der Waals surface area contributed by atoms with Crippen molar-refractivity contribution < 1.29 is 5.11 Å². The van der Waals surface area contributed by atoms with Crippen LogP contribution in [-0.2, 0) is 0 Å². The second-order valence-corrected chi connectivity index (χ2v) is 5.79. The summed E-state index contributed by atoms with van der Waals surface area (Å²) in [7, 11) is 0. The van der Waals surface area contributed by atoms with Crippen molar-refractivity contribution in [3.05, 3.63) is 75.4 Å². The maximum absolute atomic E-state index is 10.5. The molecule has 1 unspecified atom stereocenters. The van der Waals surface area contributed by atoms with Gasteiger partial charge in [-0.3, -0.25) is 0 Å². The molecular weight excluding hydrogens is 338 g/mol. The fourth-order valence-electron chi connectivity index (χ4n) is 2.10. The third-order valence-electron chi connectivity index (χ3n) is 3.15. The Balaban J connectivity index is 2.08. The highest BCUT2D eigenvalue weighted by molar-refractivity contribution is 9.10. The van der Waals surface area contributed by atoms with E-state index in [0.29, 0.717) is 10.7 Å². The minimum absolute atomic E-state index is 0.603. The lowest BCUT2D eigenvalue weighted by atomic mass is 10.1. The Morgan fingerprint density at radius 3 is 2.50 bits per heavy atom. The number of aliphatic hydroxyl groups is 1. The number of aromatic nitrogens is 1. The van der Waals surface area contributed by atoms with E-state index >= 15 is 0 Å². The number of aliphatic hydroxyl groups excluding tert-OH is 1. The van der Waals surface area contributed by atoms with E-state index in [4.69, 9.17) is 11.6 Å². The highest BCUT2D eigenvalue weighted by Gasteiger charge is 2.16. The molecule has 1 aromatic heterocycles. The molecule has 0 aliphatic heterocycles. The average molecular weight is 349 g/mol. The molecule has 3 rings (SSSR count). The van der Waals surface area contributed by atoms with Gasteiger partial charge in [0.1, 0.15) is 6.10 Å². The first-order valence-corrected chi connectivity index (χ1v) is 7.31. The maximum atomic E-state index is 10.5. The van der Waals surface area contributed by atoms with Crippen LogP contribution < -0.4 is 0 Å². The summed E-state index contributed by atoms with van der Waals surface area (Å²) < 4.78 is 0.790. The smallest absolute Gasteiger partial charge is 0.122 e. The quantitative estimate of drug-likeness (QED) is 0.726. The highest BCUT2D eigenvalue weighted by Crippen LogP contribution is 2.30. The molecule has 2 aromatic carbocycles. The fraction of sp³-hybridized carbons (Fsp3) is 0.0625. The monoisotopic (exact) mass is 347 g/mol. The molecule has 0 radical (unpaired) electrons. The number of hydrogen-bond acceptors (Lipinski definition) is 2. The van der Waals surface area contributed by atoms with Crippen LogP contribution in [0.15, 0.2) is 59.1 Å². The molecule has 1 heterocycles. The molecule has 0 amide bonds. The van der Waals surface area contributed by atoms with Crippen molar-refractivity contribution in [1.29, 1.82) is 0 Å². The van der Waals surface area contributed by atoms with E-state index in [-0.39, 0.29) is 0 Å². The number of para-hydroxylation sites is 1. The predicted molar refractivity (Wildman–Crippen MR) is 85.0 cm³/mol. The highest BCUT2D eigenvalue weighted by atomic mass is 79.9. The van der Waals surface area contributed by atoms with E-state index in [2.05, 4.69) is 20.9 Å². The Hall–Kier alpha value is -1.42. The van der Waals surface area contributed by atoms with Gasteiger partial charge < -0.3 is 5.11 Å². The molecule has 2 nitrogen and oxygen atoms in total. The Labute approximate surface area is 130 Å². The van der Waals surface area contributed by atoms with Gasteiger partial charge in [-0.25, -0.2) is 4.98 Å². The van der Waals surface area contributed by atoms with Gasteiger partial charge in [-0.1, -0.05) is 41.9 Å². The summed E-state index contributed by atoms with van der Waals surface area (Å²) in [6, 6.07) is 16.9. The molecule has 1 atom stereocenters. The number of fused-ring (bicyclic) bond motifs is 1. The van der Waals surface area contributed by atoms with Crippen molar-refractivity contribution in [3.63, 3.8) is 0 Å². The zero-order valence-electron chi connectivity index (χ0n) is 10.4. The van der Waals surface area contributed by atoms with E-state index in [0.717, 1.165) is 20.9 Å². The summed E-state index contributed by atoms with van der Waals surface area (Å²) in [4.78, 5) is 4.54. The van der Waals surface area contributed by atoms with Gasteiger partial charge in [-0.2, -0.15) is 0 Å². The summed E-state index contributed by atoms with van der Waals surface area (Å²) in [6.07, 6.45) is -0.786. The number of nitrogens with zero attached hydrogens (tertiary/aromatic N) is 1. The first-order valence-electron chi connectivity index (χ1n) is 6.14. The minimum Gasteiger partial charge on any atom is -0.382 e. The van der Waals surface area contributed by atoms with Crippen LogP contribution in [0.1, 0.15) is 17.4 Å². The number of hydrogen-bond donors (Lipinski definition) is 1. The minimum atomic E-state index is -0.786.